The molecule has 0 saturated carbocycles. The lowest BCUT2D eigenvalue weighted by molar-refractivity contribution is 0.329. The summed E-state index contributed by atoms with van der Waals surface area (Å²) in [6.07, 6.45) is 6.69. The van der Waals surface area contributed by atoms with E-state index in [1.807, 2.05) is 0 Å². The zero-order valence-corrected chi connectivity index (χ0v) is 18.5. The van der Waals surface area contributed by atoms with Gasteiger partial charge in [0.15, 0.2) is 0 Å². The standard InChI is InChI=1S/C19H27N9O2S/c1-26-6-3-16(12-26)23-18-14(9-20)10-21-19(25-18)24-15-4-7-28(8-5-15)31(29,30)17-11-22-27(2)13-17/h10-11,13,15-16H,3-8,12H2,1-2H3,(H2,21,23,24,25)/t16-/m1/s1. The monoisotopic (exact) mass is 445 g/mol. The minimum absolute atomic E-state index is 0.0544. The normalized spacial score (nSPS) is 21.1. The third-order valence-electron chi connectivity index (χ3n) is 5.75. The van der Waals surface area contributed by atoms with Gasteiger partial charge >= 0.3 is 0 Å². The molecule has 0 unspecified atom stereocenters. The summed E-state index contributed by atoms with van der Waals surface area (Å²) in [5.41, 5.74) is 0.414. The number of nitrogens with one attached hydrogen (secondary N) is 2. The average Bonchev–Trinajstić information content (AvgIpc) is 3.37. The SMILES string of the molecule is CN1CC[C@@H](Nc2nc(NC3CCN(S(=O)(=O)c4cnn(C)c4)CC3)ncc2C#N)C1. The number of hydrogen-bond acceptors (Lipinski definition) is 9. The predicted molar refractivity (Wildman–Crippen MR) is 115 cm³/mol. The van der Waals surface area contributed by atoms with Gasteiger partial charge in [-0.2, -0.15) is 19.6 Å². The molecule has 0 spiro atoms. The quantitative estimate of drug-likeness (QED) is 0.651. The molecule has 4 rings (SSSR count). The molecule has 2 fully saturated rings. The smallest absolute Gasteiger partial charge is 0.246 e. The summed E-state index contributed by atoms with van der Waals surface area (Å²) < 4.78 is 28.5. The van der Waals surface area contributed by atoms with Crippen LogP contribution in [0.15, 0.2) is 23.5 Å². The molecular formula is C19H27N9O2S. The Morgan fingerprint density at radius 2 is 1.84 bits per heavy atom. The van der Waals surface area contributed by atoms with Crippen LogP contribution in [0, 0.1) is 11.3 Å². The lowest BCUT2D eigenvalue weighted by Crippen LogP contribution is -2.42. The number of anilines is 2. The second-order valence-corrected chi connectivity index (χ2v) is 10.1. The zero-order valence-electron chi connectivity index (χ0n) is 17.7. The second-order valence-electron chi connectivity index (χ2n) is 8.13. The van der Waals surface area contributed by atoms with Gasteiger partial charge < -0.3 is 15.5 Å². The molecule has 12 heteroatoms. The Kier molecular flexibility index (Phi) is 6.08. The number of likely N-dealkylation sites (N-methyl/N-ethyl adjacent to an activating group) is 1. The van der Waals surface area contributed by atoms with Crippen LogP contribution in [0.4, 0.5) is 11.8 Å². The summed E-state index contributed by atoms with van der Waals surface area (Å²) in [5.74, 6) is 0.985. The molecule has 11 nitrogen and oxygen atoms in total. The highest BCUT2D eigenvalue weighted by Gasteiger charge is 2.30. The molecule has 0 aromatic carbocycles. The van der Waals surface area contributed by atoms with Crippen LogP contribution in [0.1, 0.15) is 24.8 Å². The summed E-state index contributed by atoms with van der Waals surface area (Å²) >= 11 is 0. The fraction of sp³-hybridized carbons (Fsp3) is 0.579. The van der Waals surface area contributed by atoms with Crippen molar-refractivity contribution in [2.45, 2.75) is 36.2 Å². The lowest BCUT2D eigenvalue weighted by Gasteiger charge is -2.31. The molecule has 2 N–H and O–H groups in total. The number of hydrogen-bond donors (Lipinski definition) is 2. The molecule has 2 aromatic rings. The van der Waals surface area contributed by atoms with Crippen LogP contribution in [-0.4, -0.2) is 82.7 Å². The number of likely N-dealkylation sites (tertiary alicyclic amines) is 1. The van der Waals surface area contributed by atoms with Crippen molar-refractivity contribution in [1.82, 2.24) is 29.0 Å². The van der Waals surface area contributed by atoms with E-state index in [2.05, 4.69) is 43.7 Å². The number of sulfonamides is 1. The van der Waals surface area contributed by atoms with Gasteiger partial charge in [0.1, 0.15) is 22.3 Å². The van der Waals surface area contributed by atoms with Crippen molar-refractivity contribution in [3.05, 3.63) is 24.2 Å². The van der Waals surface area contributed by atoms with E-state index in [4.69, 9.17) is 0 Å². The van der Waals surface area contributed by atoms with Gasteiger partial charge in [-0.1, -0.05) is 0 Å². The Morgan fingerprint density at radius 3 is 2.45 bits per heavy atom. The van der Waals surface area contributed by atoms with Crippen molar-refractivity contribution in [2.75, 3.05) is 43.9 Å². The third-order valence-corrected chi connectivity index (χ3v) is 7.60. The molecule has 4 heterocycles. The van der Waals surface area contributed by atoms with E-state index in [-0.39, 0.29) is 17.0 Å². The number of nitriles is 1. The van der Waals surface area contributed by atoms with Gasteiger partial charge in [-0.3, -0.25) is 4.68 Å². The number of aromatic nitrogens is 4. The van der Waals surface area contributed by atoms with E-state index in [1.54, 1.807) is 7.05 Å². The highest BCUT2D eigenvalue weighted by molar-refractivity contribution is 7.89. The van der Waals surface area contributed by atoms with Crippen LogP contribution in [-0.2, 0) is 17.1 Å². The highest BCUT2D eigenvalue weighted by Crippen LogP contribution is 2.23. The molecular weight excluding hydrogens is 418 g/mol. The van der Waals surface area contributed by atoms with Crippen molar-refractivity contribution in [3.8, 4) is 6.07 Å². The largest absolute Gasteiger partial charge is 0.365 e. The minimum Gasteiger partial charge on any atom is -0.365 e. The summed E-state index contributed by atoms with van der Waals surface area (Å²) in [6.45, 7) is 2.73. The van der Waals surface area contributed by atoms with Crippen molar-refractivity contribution in [2.24, 2.45) is 7.05 Å². The number of rotatable bonds is 6. The van der Waals surface area contributed by atoms with E-state index < -0.39 is 10.0 Å². The summed E-state index contributed by atoms with van der Waals surface area (Å²) in [5, 5.41) is 20.0. The Hall–Kier alpha value is -2.75. The fourth-order valence-corrected chi connectivity index (χ4v) is 5.45. The van der Waals surface area contributed by atoms with Crippen LogP contribution in [0.5, 0.6) is 0 Å². The molecule has 31 heavy (non-hydrogen) atoms. The molecule has 166 valence electrons. The van der Waals surface area contributed by atoms with Crippen molar-refractivity contribution in [1.29, 1.82) is 5.26 Å². The maximum atomic E-state index is 12.8. The lowest BCUT2D eigenvalue weighted by atomic mass is 10.1. The first-order chi connectivity index (χ1) is 14.8. The van der Waals surface area contributed by atoms with Gasteiger partial charge in [-0.05, 0) is 32.9 Å². The Bertz CT molecular complexity index is 1070. The van der Waals surface area contributed by atoms with E-state index >= 15 is 0 Å². The van der Waals surface area contributed by atoms with E-state index in [0.29, 0.717) is 43.3 Å². The fourth-order valence-electron chi connectivity index (χ4n) is 3.99. The predicted octanol–water partition coefficient (Wildman–Crippen LogP) is 0.463. The maximum Gasteiger partial charge on any atom is 0.246 e. The van der Waals surface area contributed by atoms with Gasteiger partial charge in [-0.25, -0.2) is 13.4 Å². The first-order valence-corrected chi connectivity index (χ1v) is 11.8. The first-order valence-electron chi connectivity index (χ1n) is 10.3. The maximum absolute atomic E-state index is 12.8. The average molecular weight is 446 g/mol. The van der Waals surface area contributed by atoms with Crippen LogP contribution in [0.25, 0.3) is 0 Å². The molecule has 0 bridgehead atoms. The van der Waals surface area contributed by atoms with Gasteiger partial charge in [0.2, 0.25) is 16.0 Å². The molecule has 0 radical (unpaired) electrons. The molecule has 2 aliphatic heterocycles. The van der Waals surface area contributed by atoms with Crippen molar-refractivity contribution in [3.63, 3.8) is 0 Å². The summed E-state index contributed by atoms with van der Waals surface area (Å²) in [6, 6.07) is 2.45. The van der Waals surface area contributed by atoms with Gasteiger partial charge in [-0.15, -0.1) is 0 Å². The summed E-state index contributed by atoms with van der Waals surface area (Å²) in [4.78, 5) is 11.2. The number of aryl methyl sites for hydroxylation is 1. The third kappa shape index (κ3) is 4.79. The molecule has 2 aromatic heterocycles. The highest BCUT2D eigenvalue weighted by atomic mass is 32.2. The zero-order chi connectivity index (χ0) is 22.0. The van der Waals surface area contributed by atoms with Gasteiger partial charge in [0.25, 0.3) is 0 Å². The summed E-state index contributed by atoms with van der Waals surface area (Å²) in [7, 11) is 0.235. The Balaban J connectivity index is 1.38. The van der Waals surface area contributed by atoms with Crippen LogP contribution in [0.2, 0.25) is 0 Å². The number of piperidine rings is 1. The molecule has 0 amide bonds. The number of nitrogens with zero attached hydrogens (tertiary/aromatic N) is 7. The molecule has 2 saturated heterocycles. The van der Waals surface area contributed by atoms with E-state index in [0.717, 1.165) is 19.5 Å². The van der Waals surface area contributed by atoms with Crippen molar-refractivity contribution >= 4 is 21.8 Å². The molecule has 1 atom stereocenters. The van der Waals surface area contributed by atoms with Gasteiger partial charge in [0, 0.05) is 45.0 Å². The Labute approximate surface area is 182 Å². The second kappa shape index (κ2) is 8.78. The van der Waals surface area contributed by atoms with Gasteiger partial charge in [0.05, 0.1) is 12.4 Å². The van der Waals surface area contributed by atoms with E-state index in [9.17, 15) is 13.7 Å². The Morgan fingerprint density at radius 1 is 1.10 bits per heavy atom. The molecule has 0 aliphatic carbocycles. The first kappa shape index (κ1) is 21.5. The molecule has 2 aliphatic rings. The van der Waals surface area contributed by atoms with Crippen LogP contribution < -0.4 is 10.6 Å². The van der Waals surface area contributed by atoms with Crippen LogP contribution >= 0.6 is 0 Å². The minimum atomic E-state index is -3.53. The van der Waals surface area contributed by atoms with Crippen molar-refractivity contribution < 1.29 is 8.42 Å². The van der Waals surface area contributed by atoms with E-state index in [1.165, 1.54) is 27.6 Å². The topological polar surface area (TPSA) is 132 Å². The van der Waals surface area contributed by atoms with Crippen LogP contribution in [0.3, 0.4) is 0 Å².